The molecule has 20 heavy (non-hydrogen) atoms. The van der Waals surface area contributed by atoms with Crippen molar-refractivity contribution in [2.45, 2.75) is 13.8 Å². The van der Waals surface area contributed by atoms with Crippen molar-refractivity contribution >= 4 is 17.5 Å². The molecule has 3 N–H and O–H groups in total. The monoisotopic (exact) mass is 275 g/mol. The molecule has 2 amide bonds. The summed E-state index contributed by atoms with van der Waals surface area (Å²) in [5.74, 6) is 0.173. The number of hydrogen-bond acceptors (Lipinski definition) is 3. The van der Waals surface area contributed by atoms with Gasteiger partial charge in [0.05, 0.1) is 5.92 Å². The molecule has 2 unspecified atom stereocenters. The van der Waals surface area contributed by atoms with Gasteiger partial charge in [-0.05, 0) is 37.1 Å². The highest BCUT2D eigenvalue weighted by atomic mass is 16.2. The standard InChI is InChI=1S/C15H21N3O2/c1-9-4-5-11(14(19)16-3)6-13(9)18-15(20)12-8-17-7-10(12)2/h4-6,10,12,17H,7-8H2,1-3H3,(H,16,19)(H,18,20). The minimum absolute atomic E-state index is 0.0136. The first-order chi connectivity index (χ1) is 9.52. The van der Waals surface area contributed by atoms with Gasteiger partial charge in [0.2, 0.25) is 5.91 Å². The van der Waals surface area contributed by atoms with E-state index < -0.39 is 0 Å². The first-order valence-corrected chi connectivity index (χ1v) is 6.87. The van der Waals surface area contributed by atoms with E-state index in [4.69, 9.17) is 0 Å². The van der Waals surface area contributed by atoms with Crippen molar-refractivity contribution in [3.05, 3.63) is 29.3 Å². The van der Waals surface area contributed by atoms with Crippen molar-refractivity contribution in [3.63, 3.8) is 0 Å². The number of aryl methyl sites for hydroxylation is 1. The zero-order chi connectivity index (χ0) is 14.7. The zero-order valence-corrected chi connectivity index (χ0v) is 12.1. The highest BCUT2D eigenvalue weighted by molar-refractivity contribution is 5.98. The second-order valence-corrected chi connectivity index (χ2v) is 5.34. The number of rotatable bonds is 3. The fraction of sp³-hybridized carbons (Fsp3) is 0.467. The summed E-state index contributed by atoms with van der Waals surface area (Å²) < 4.78 is 0. The van der Waals surface area contributed by atoms with Crippen LogP contribution < -0.4 is 16.0 Å². The van der Waals surface area contributed by atoms with E-state index in [1.165, 1.54) is 0 Å². The lowest BCUT2D eigenvalue weighted by Crippen LogP contribution is -2.28. The Hall–Kier alpha value is -1.88. The summed E-state index contributed by atoms with van der Waals surface area (Å²) in [5, 5.41) is 8.74. The van der Waals surface area contributed by atoms with E-state index in [0.29, 0.717) is 23.7 Å². The third-order valence-corrected chi connectivity index (χ3v) is 3.84. The number of benzene rings is 1. The molecule has 1 aliphatic heterocycles. The maximum Gasteiger partial charge on any atom is 0.251 e. The Balaban J connectivity index is 2.16. The fourth-order valence-electron chi connectivity index (χ4n) is 2.43. The summed E-state index contributed by atoms with van der Waals surface area (Å²) in [7, 11) is 1.59. The van der Waals surface area contributed by atoms with Crippen LogP contribution in [0.25, 0.3) is 0 Å². The van der Waals surface area contributed by atoms with E-state index in [-0.39, 0.29) is 17.7 Å². The van der Waals surface area contributed by atoms with Gasteiger partial charge in [-0.1, -0.05) is 13.0 Å². The van der Waals surface area contributed by atoms with Crippen LogP contribution in [0.1, 0.15) is 22.8 Å². The Kier molecular flexibility index (Phi) is 4.39. The summed E-state index contributed by atoms with van der Waals surface area (Å²) >= 11 is 0. The number of anilines is 1. The number of carbonyl (C=O) groups excluding carboxylic acids is 2. The lowest BCUT2D eigenvalue weighted by Gasteiger charge is -2.16. The Morgan fingerprint density at radius 1 is 1.30 bits per heavy atom. The van der Waals surface area contributed by atoms with Crippen molar-refractivity contribution < 1.29 is 9.59 Å². The normalized spacial score (nSPS) is 21.6. The van der Waals surface area contributed by atoms with Gasteiger partial charge in [0, 0.05) is 24.8 Å². The maximum absolute atomic E-state index is 12.3. The maximum atomic E-state index is 12.3. The quantitative estimate of drug-likeness (QED) is 0.775. The van der Waals surface area contributed by atoms with Gasteiger partial charge in [-0.25, -0.2) is 0 Å². The van der Waals surface area contributed by atoms with Crippen LogP contribution in [0.3, 0.4) is 0 Å². The lowest BCUT2D eigenvalue weighted by molar-refractivity contribution is -0.120. The summed E-state index contributed by atoms with van der Waals surface area (Å²) in [4.78, 5) is 23.9. The number of hydrogen-bond donors (Lipinski definition) is 3. The van der Waals surface area contributed by atoms with Gasteiger partial charge in [-0.2, -0.15) is 0 Å². The minimum atomic E-state index is -0.156. The van der Waals surface area contributed by atoms with Gasteiger partial charge in [-0.15, -0.1) is 0 Å². The van der Waals surface area contributed by atoms with Gasteiger partial charge in [-0.3, -0.25) is 9.59 Å². The van der Waals surface area contributed by atoms with Crippen molar-refractivity contribution in [2.75, 3.05) is 25.5 Å². The predicted molar refractivity (Wildman–Crippen MR) is 78.7 cm³/mol. The third kappa shape index (κ3) is 2.99. The van der Waals surface area contributed by atoms with Crippen LogP contribution in [-0.2, 0) is 4.79 Å². The molecule has 0 spiro atoms. The summed E-state index contributed by atoms with van der Waals surface area (Å²) in [6.07, 6.45) is 0. The van der Waals surface area contributed by atoms with Crippen molar-refractivity contribution in [1.29, 1.82) is 0 Å². The largest absolute Gasteiger partial charge is 0.355 e. The molecule has 108 valence electrons. The first-order valence-electron chi connectivity index (χ1n) is 6.87. The smallest absolute Gasteiger partial charge is 0.251 e. The molecule has 1 aliphatic rings. The van der Waals surface area contributed by atoms with Crippen LogP contribution in [0.15, 0.2) is 18.2 Å². The topological polar surface area (TPSA) is 70.2 Å². The molecule has 1 aromatic rings. The minimum Gasteiger partial charge on any atom is -0.355 e. The number of amides is 2. The molecular formula is C15H21N3O2. The summed E-state index contributed by atoms with van der Waals surface area (Å²) in [6, 6.07) is 5.32. The Morgan fingerprint density at radius 3 is 2.65 bits per heavy atom. The van der Waals surface area contributed by atoms with E-state index in [1.807, 2.05) is 13.0 Å². The molecule has 0 aliphatic carbocycles. The average molecular weight is 275 g/mol. The Labute approximate surface area is 119 Å². The summed E-state index contributed by atoms with van der Waals surface area (Å²) in [6.45, 7) is 5.56. The molecule has 0 bridgehead atoms. The third-order valence-electron chi connectivity index (χ3n) is 3.84. The van der Waals surface area contributed by atoms with Gasteiger partial charge in [0.15, 0.2) is 0 Å². The van der Waals surface area contributed by atoms with E-state index in [9.17, 15) is 9.59 Å². The van der Waals surface area contributed by atoms with E-state index in [0.717, 1.165) is 12.1 Å². The van der Waals surface area contributed by atoms with Gasteiger partial charge < -0.3 is 16.0 Å². The second-order valence-electron chi connectivity index (χ2n) is 5.34. The average Bonchev–Trinajstić information content (AvgIpc) is 2.86. The van der Waals surface area contributed by atoms with Crippen LogP contribution in [0.4, 0.5) is 5.69 Å². The molecule has 1 heterocycles. The van der Waals surface area contributed by atoms with Crippen molar-refractivity contribution in [2.24, 2.45) is 11.8 Å². The molecule has 0 saturated carbocycles. The molecule has 2 atom stereocenters. The molecule has 5 nitrogen and oxygen atoms in total. The zero-order valence-electron chi connectivity index (χ0n) is 12.1. The first kappa shape index (κ1) is 14.5. The molecule has 0 radical (unpaired) electrons. The predicted octanol–water partition coefficient (Wildman–Crippen LogP) is 1.15. The Morgan fingerprint density at radius 2 is 2.05 bits per heavy atom. The van der Waals surface area contributed by atoms with Crippen molar-refractivity contribution in [1.82, 2.24) is 10.6 Å². The van der Waals surface area contributed by atoms with Gasteiger partial charge >= 0.3 is 0 Å². The molecule has 1 aromatic carbocycles. The lowest BCUT2D eigenvalue weighted by atomic mass is 9.97. The molecule has 2 rings (SSSR count). The fourth-order valence-corrected chi connectivity index (χ4v) is 2.43. The van der Waals surface area contributed by atoms with E-state index in [2.05, 4.69) is 22.9 Å². The van der Waals surface area contributed by atoms with Crippen LogP contribution >= 0.6 is 0 Å². The number of nitrogens with one attached hydrogen (secondary N) is 3. The second kappa shape index (κ2) is 6.05. The highest BCUT2D eigenvalue weighted by Crippen LogP contribution is 2.21. The molecule has 0 aromatic heterocycles. The number of carbonyl (C=O) groups is 2. The van der Waals surface area contributed by atoms with Crippen LogP contribution in [0, 0.1) is 18.8 Å². The van der Waals surface area contributed by atoms with Crippen LogP contribution in [-0.4, -0.2) is 32.0 Å². The van der Waals surface area contributed by atoms with E-state index >= 15 is 0 Å². The van der Waals surface area contributed by atoms with Gasteiger partial charge in [0.1, 0.15) is 0 Å². The molecular weight excluding hydrogens is 254 g/mol. The van der Waals surface area contributed by atoms with Crippen LogP contribution in [0.2, 0.25) is 0 Å². The summed E-state index contributed by atoms with van der Waals surface area (Å²) in [5.41, 5.74) is 2.20. The molecule has 1 saturated heterocycles. The van der Waals surface area contributed by atoms with E-state index in [1.54, 1.807) is 19.2 Å². The SMILES string of the molecule is CNC(=O)c1ccc(C)c(NC(=O)C2CNCC2C)c1. The molecule has 5 heteroatoms. The Bertz CT molecular complexity index is 528. The van der Waals surface area contributed by atoms with Gasteiger partial charge in [0.25, 0.3) is 5.91 Å². The van der Waals surface area contributed by atoms with Crippen molar-refractivity contribution in [3.8, 4) is 0 Å². The molecule has 1 fully saturated rings. The highest BCUT2D eigenvalue weighted by Gasteiger charge is 2.29. The van der Waals surface area contributed by atoms with Crippen LogP contribution in [0.5, 0.6) is 0 Å².